The van der Waals surface area contributed by atoms with Crippen molar-refractivity contribution in [2.24, 2.45) is 11.8 Å². The summed E-state index contributed by atoms with van der Waals surface area (Å²) < 4.78 is 5.56. The smallest absolute Gasteiger partial charge is 0.122 e. The Morgan fingerprint density at radius 2 is 1.94 bits per heavy atom. The Bertz CT molecular complexity index is 354. The van der Waals surface area contributed by atoms with E-state index in [1.807, 2.05) is 6.07 Å². The molecule has 0 amide bonds. The van der Waals surface area contributed by atoms with E-state index in [1.54, 1.807) is 6.26 Å². The third-order valence-electron chi connectivity index (χ3n) is 4.30. The van der Waals surface area contributed by atoms with Gasteiger partial charge in [-0.05, 0) is 63.7 Å². The molecule has 2 fully saturated rings. The SMILES string of the molecule is CN(C)C(CNC(C1CC1)C1CC1)c1ccco1. The molecule has 2 aliphatic carbocycles. The molecule has 0 spiro atoms. The first-order valence-corrected chi connectivity index (χ1v) is 7.19. The van der Waals surface area contributed by atoms with Gasteiger partial charge in [-0.25, -0.2) is 0 Å². The second-order valence-electron chi connectivity index (χ2n) is 6.10. The van der Waals surface area contributed by atoms with E-state index >= 15 is 0 Å². The Morgan fingerprint density at radius 3 is 2.39 bits per heavy atom. The van der Waals surface area contributed by atoms with E-state index in [0.29, 0.717) is 6.04 Å². The van der Waals surface area contributed by atoms with Crippen LogP contribution >= 0.6 is 0 Å². The van der Waals surface area contributed by atoms with Crippen molar-refractivity contribution in [1.82, 2.24) is 10.2 Å². The summed E-state index contributed by atoms with van der Waals surface area (Å²) in [5, 5.41) is 3.81. The van der Waals surface area contributed by atoms with E-state index in [0.717, 1.165) is 30.2 Å². The van der Waals surface area contributed by atoms with Gasteiger partial charge in [-0.3, -0.25) is 4.90 Å². The molecule has 3 nitrogen and oxygen atoms in total. The van der Waals surface area contributed by atoms with Crippen LogP contribution in [0.3, 0.4) is 0 Å². The summed E-state index contributed by atoms with van der Waals surface area (Å²) in [6.45, 7) is 0.998. The Hall–Kier alpha value is -0.800. The zero-order chi connectivity index (χ0) is 12.5. The highest BCUT2D eigenvalue weighted by Gasteiger charge is 2.41. The van der Waals surface area contributed by atoms with Gasteiger partial charge in [0, 0.05) is 12.6 Å². The Morgan fingerprint density at radius 1 is 1.28 bits per heavy atom. The maximum atomic E-state index is 5.56. The van der Waals surface area contributed by atoms with Gasteiger partial charge in [0.15, 0.2) is 0 Å². The fraction of sp³-hybridized carbons (Fsp3) is 0.733. The Kier molecular flexibility index (Phi) is 3.44. The van der Waals surface area contributed by atoms with Crippen molar-refractivity contribution in [1.29, 1.82) is 0 Å². The standard InChI is InChI=1S/C15H24N2O/c1-17(2)13(14-4-3-9-18-14)10-16-15(11-5-6-11)12-7-8-12/h3-4,9,11-13,15-16H,5-8,10H2,1-2H3. The summed E-state index contributed by atoms with van der Waals surface area (Å²) in [7, 11) is 4.25. The van der Waals surface area contributed by atoms with E-state index in [1.165, 1.54) is 25.7 Å². The van der Waals surface area contributed by atoms with Crippen molar-refractivity contribution in [3.63, 3.8) is 0 Å². The molecule has 1 unspecified atom stereocenters. The van der Waals surface area contributed by atoms with Crippen molar-refractivity contribution in [3.05, 3.63) is 24.2 Å². The van der Waals surface area contributed by atoms with Gasteiger partial charge in [-0.1, -0.05) is 0 Å². The van der Waals surface area contributed by atoms with E-state index in [4.69, 9.17) is 4.42 Å². The molecule has 100 valence electrons. The minimum atomic E-state index is 0.347. The lowest BCUT2D eigenvalue weighted by Crippen LogP contribution is -2.39. The number of furan rings is 1. The lowest BCUT2D eigenvalue weighted by Gasteiger charge is -2.26. The quantitative estimate of drug-likeness (QED) is 0.804. The average Bonchev–Trinajstić information content (AvgIpc) is 3.26. The average molecular weight is 248 g/mol. The first-order valence-electron chi connectivity index (χ1n) is 7.19. The lowest BCUT2D eigenvalue weighted by atomic mass is 10.1. The first kappa shape index (κ1) is 12.2. The third kappa shape index (κ3) is 2.78. The molecule has 3 rings (SSSR count). The number of hydrogen-bond donors (Lipinski definition) is 1. The minimum Gasteiger partial charge on any atom is -0.468 e. The van der Waals surface area contributed by atoms with Crippen LogP contribution in [0, 0.1) is 11.8 Å². The molecule has 1 aromatic heterocycles. The van der Waals surface area contributed by atoms with Crippen molar-refractivity contribution in [2.75, 3.05) is 20.6 Å². The number of nitrogens with zero attached hydrogens (tertiary/aromatic N) is 1. The summed E-state index contributed by atoms with van der Waals surface area (Å²) in [5.41, 5.74) is 0. The second kappa shape index (κ2) is 5.06. The molecule has 2 aliphatic rings. The van der Waals surface area contributed by atoms with Gasteiger partial charge in [0.05, 0.1) is 12.3 Å². The van der Waals surface area contributed by atoms with Crippen LogP contribution in [-0.2, 0) is 0 Å². The molecular formula is C15H24N2O. The monoisotopic (exact) mass is 248 g/mol. The molecule has 0 radical (unpaired) electrons. The van der Waals surface area contributed by atoms with E-state index in [2.05, 4.69) is 30.4 Å². The number of hydrogen-bond acceptors (Lipinski definition) is 3. The molecule has 1 N–H and O–H groups in total. The molecule has 3 heteroatoms. The van der Waals surface area contributed by atoms with Gasteiger partial charge >= 0.3 is 0 Å². The van der Waals surface area contributed by atoms with Crippen LogP contribution in [0.15, 0.2) is 22.8 Å². The fourth-order valence-corrected chi connectivity index (χ4v) is 2.90. The molecule has 18 heavy (non-hydrogen) atoms. The second-order valence-corrected chi connectivity index (χ2v) is 6.10. The van der Waals surface area contributed by atoms with Crippen LogP contribution in [0.1, 0.15) is 37.5 Å². The number of nitrogens with one attached hydrogen (secondary N) is 1. The van der Waals surface area contributed by atoms with Crippen LogP contribution < -0.4 is 5.32 Å². The Balaban J connectivity index is 1.58. The number of rotatable bonds is 7. The predicted molar refractivity (Wildman–Crippen MR) is 72.4 cm³/mol. The van der Waals surface area contributed by atoms with Crippen LogP contribution in [0.4, 0.5) is 0 Å². The fourth-order valence-electron chi connectivity index (χ4n) is 2.90. The summed E-state index contributed by atoms with van der Waals surface area (Å²) >= 11 is 0. The molecule has 0 aromatic carbocycles. The molecule has 0 bridgehead atoms. The van der Waals surface area contributed by atoms with Gasteiger partial charge < -0.3 is 9.73 Å². The maximum absolute atomic E-state index is 5.56. The van der Waals surface area contributed by atoms with Crippen molar-refractivity contribution < 1.29 is 4.42 Å². The van der Waals surface area contributed by atoms with Crippen molar-refractivity contribution >= 4 is 0 Å². The predicted octanol–water partition coefficient (Wildman–Crippen LogP) is 2.66. The number of likely N-dealkylation sites (N-methyl/N-ethyl adjacent to an activating group) is 1. The van der Waals surface area contributed by atoms with E-state index < -0.39 is 0 Å². The zero-order valence-corrected chi connectivity index (χ0v) is 11.4. The van der Waals surface area contributed by atoms with Gasteiger partial charge in [-0.15, -0.1) is 0 Å². The van der Waals surface area contributed by atoms with Crippen LogP contribution in [0.25, 0.3) is 0 Å². The van der Waals surface area contributed by atoms with Gasteiger partial charge in [0.2, 0.25) is 0 Å². The molecule has 1 aromatic rings. The van der Waals surface area contributed by atoms with Gasteiger partial charge in [0.25, 0.3) is 0 Å². The summed E-state index contributed by atoms with van der Waals surface area (Å²) in [4.78, 5) is 2.24. The van der Waals surface area contributed by atoms with Gasteiger partial charge in [-0.2, -0.15) is 0 Å². The van der Waals surface area contributed by atoms with Crippen molar-refractivity contribution in [3.8, 4) is 0 Å². The van der Waals surface area contributed by atoms with Crippen molar-refractivity contribution in [2.45, 2.75) is 37.8 Å². The van der Waals surface area contributed by atoms with Crippen LogP contribution in [0.2, 0.25) is 0 Å². The molecule has 0 aliphatic heterocycles. The third-order valence-corrected chi connectivity index (χ3v) is 4.30. The highest BCUT2D eigenvalue weighted by Crippen LogP contribution is 2.44. The highest BCUT2D eigenvalue weighted by atomic mass is 16.3. The summed E-state index contributed by atoms with van der Waals surface area (Å²) in [6, 6.07) is 5.17. The zero-order valence-electron chi connectivity index (χ0n) is 11.4. The molecule has 1 heterocycles. The Labute approximate surface area is 110 Å². The van der Waals surface area contributed by atoms with Crippen LogP contribution in [-0.4, -0.2) is 31.6 Å². The largest absolute Gasteiger partial charge is 0.468 e. The molecular weight excluding hydrogens is 224 g/mol. The minimum absolute atomic E-state index is 0.347. The summed E-state index contributed by atoms with van der Waals surface area (Å²) in [5.74, 6) is 2.98. The summed E-state index contributed by atoms with van der Waals surface area (Å²) in [6.07, 6.45) is 7.50. The lowest BCUT2D eigenvalue weighted by molar-refractivity contribution is 0.236. The van der Waals surface area contributed by atoms with E-state index in [-0.39, 0.29) is 0 Å². The van der Waals surface area contributed by atoms with Gasteiger partial charge in [0.1, 0.15) is 5.76 Å². The highest BCUT2D eigenvalue weighted by molar-refractivity contribution is 5.06. The molecule has 2 saturated carbocycles. The van der Waals surface area contributed by atoms with Crippen LogP contribution in [0.5, 0.6) is 0 Å². The normalized spacial score (nSPS) is 21.8. The molecule has 0 saturated heterocycles. The first-order chi connectivity index (χ1) is 8.75. The maximum Gasteiger partial charge on any atom is 0.122 e. The van der Waals surface area contributed by atoms with E-state index in [9.17, 15) is 0 Å². The topological polar surface area (TPSA) is 28.4 Å². The molecule has 1 atom stereocenters.